The molecule has 1 atom stereocenters. The Labute approximate surface area is 128 Å². The fourth-order valence-corrected chi connectivity index (χ4v) is 3.36. The molecule has 1 unspecified atom stereocenters. The normalized spacial score (nSPS) is 13.0. The van der Waals surface area contributed by atoms with E-state index in [0.29, 0.717) is 11.4 Å². The van der Waals surface area contributed by atoms with Gasteiger partial charge < -0.3 is 4.98 Å². The summed E-state index contributed by atoms with van der Waals surface area (Å²) in [6.45, 7) is 1.76. The number of hydrogen-bond acceptors (Lipinski definition) is 3. The van der Waals surface area contributed by atoms with Crippen LogP contribution in [0.25, 0.3) is 0 Å². The van der Waals surface area contributed by atoms with E-state index in [1.807, 2.05) is 18.2 Å². The van der Waals surface area contributed by atoms with Gasteiger partial charge in [-0.25, -0.2) is 13.1 Å². The lowest BCUT2D eigenvalue weighted by Crippen LogP contribution is -2.34. The molecule has 0 aliphatic rings. The van der Waals surface area contributed by atoms with E-state index in [1.54, 1.807) is 13.0 Å². The van der Waals surface area contributed by atoms with Gasteiger partial charge in [-0.05, 0) is 31.0 Å². The number of benzene rings is 1. The monoisotopic (exact) mass is 326 g/mol. The van der Waals surface area contributed by atoms with Crippen molar-refractivity contribution in [2.75, 3.05) is 0 Å². The fraction of sp³-hybridized carbons (Fsp3) is 0.214. The number of rotatable bonds is 5. The largest absolute Gasteiger partial charge is 0.328 e. The van der Waals surface area contributed by atoms with Crippen LogP contribution in [-0.2, 0) is 16.4 Å². The Morgan fingerprint density at radius 3 is 2.57 bits per heavy atom. The molecule has 2 N–H and O–H groups in total. The number of hydrogen-bond donors (Lipinski definition) is 2. The summed E-state index contributed by atoms with van der Waals surface area (Å²) in [7, 11) is -3.67. The zero-order chi connectivity index (χ0) is 15.5. The Bertz CT molecular complexity index is 766. The van der Waals surface area contributed by atoms with Crippen LogP contribution >= 0.6 is 11.6 Å². The van der Waals surface area contributed by atoms with Gasteiger partial charge in [-0.3, -0.25) is 4.79 Å². The summed E-state index contributed by atoms with van der Waals surface area (Å²) in [5.41, 5.74) is 0.522. The van der Waals surface area contributed by atoms with Crippen LogP contribution in [0.3, 0.4) is 0 Å². The molecular weight excluding hydrogens is 312 g/mol. The van der Waals surface area contributed by atoms with E-state index in [0.717, 1.165) is 5.56 Å². The molecule has 0 saturated carbocycles. The van der Waals surface area contributed by atoms with Crippen molar-refractivity contribution in [3.05, 3.63) is 63.5 Å². The number of aromatic nitrogens is 1. The Balaban J connectivity index is 2.11. The summed E-state index contributed by atoms with van der Waals surface area (Å²) in [4.78, 5) is 13.3. The highest BCUT2D eigenvalue weighted by atomic mass is 35.5. The molecule has 0 spiro atoms. The predicted octanol–water partition coefficient (Wildman–Crippen LogP) is 1.94. The van der Waals surface area contributed by atoms with Crippen LogP contribution in [0.2, 0.25) is 5.02 Å². The van der Waals surface area contributed by atoms with Crippen LogP contribution in [0.15, 0.2) is 52.3 Å². The van der Waals surface area contributed by atoms with Crippen molar-refractivity contribution in [1.29, 1.82) is 0 Å². The van der Waals surface area contributed by atoms with Gasteiger partial charge in [0.05, 0.1) is 4.90 Å². The third kappa shape index (κ3) is 4.17. The first-order chi connectivity index (χ1) is 9.88. The van der Waals surface area contributed by atoms with Gasteiger partial charge in [-0.15, -0.1) is 0 Å². The van der Waals surface area contributed by atoms with Crippen molar-refractivity contribution in [3.63, 3.8) is 0 Å². The molecule has 0 aliphatic heterocycles. The summed E-state index contributed by atoms with van der Waals surface area (Å²) >= 11 is 6.06. The van der Waals surface area contributed by atoms with Crippen molar-refractivity contribution in [2.45, 2.75) is 24.3 Å². The molecule has 1 heterocycles. The van der Waals surface area contributed by atoms with Gasteiger partial charge in [0.2, 0.25) is 15.6 Å². The van der Waals surface area contributed by atoms with Crippen molar-refractivity contribution in [3.8, 4) is 0 Å². The smallest absolute Gasteiger partial charge is 0.247 e. The Morgan fingerprint density at radius 2 is 1.95 bits per heavy atom. The summed E-state index contributed by atoms with van der Waals surface area (Å²) in [5.74, 6) is 0. The zero-order valence-electron chi connectivity index (χ0n) is 11.3. The minimum atomic E-state index is -3.67. The van der Waals surface area contributed by atoms with Crippen LogP contribution in [-0.4, -0.2) is 19.4 Å². The van der Waals surface area contributed by atoms with E-state index >= 15 is 0 Å². The number of sulfonamides is 1. The molecule has 7 heteroatoms. The van der Waals surface area contributed by atoms with E-state index in [-0.39, 0.29) is 16.5 Å². The first-order valence-electron chi connectivity index (χ1n) is 6.33. The molecule has 0 bridgehead atoms. The molecule has 2 rings (SSSR count). The van der Waals surface area contributed by atoms with Gasteiger partial charge in [-0.1, -0.05) is 29.8 Å². The molecule has 1 aromatic carbocycles. The maximum Gasteiger partial charge on any atom is 0.247 e. The van der Waals surface area contributed by atoms with Crippen LogP contribution in [0.4, 0.5) is 0 Å². The highest BCUT2D eigenvalue weighted by Gasteiger charge is 2.18. The Hall–Kier alpha value is -1.63. The van der Waals surface area contributed by atoms with Gasteiger partial charge in [-0.2, -0.15) is 0 Å². The second-order valence-corrected chi connectivity index (χ2v) is 6.83. The lowest BCUT2D eigenvalue weighted by Gasteiger charge is -2.15. The topological polar surface area (TPSA) is 79.0 Å². The minimum Gasteiger partial charge on any atom is -0.328 e. The highest BCUT2D eigenvalue weighted by molar-refractivity contribution is 7.89. The molecule has 5 nitrogen and oxygen atoms in total. The van der Waals surface area contributed by atoms with E-state index in [1.165, 1.54) is 18.3 Å². The molecule has 112 valence electrons. The van der Waals surface area contributed by atoms with E-state index in [2.05, 4.69) is 9.71 Å². The van der Waals surface area contributed by atoms with Crippen molar-refractivity contribution >= 4 is 21.6 Å². The first-order valence-corrected chi connectivity index (χ1v) is 8.19. The number of pyridine rings is 1. The van der Waals surface area contributed by atoms with Gasteiger partial charge in [0.25, 0.3) is 0 Å². The van der Waals surface area contributed by atoms with E-state index < -0.39 is 10.0 Å². The second-order valence-electron chi connectivity index (χ2n) is 4.71. The Morgan fingerprint density at radius 1 is 1.24 bits per heavy atom. The van der Waals surface area contributed by atoms with Gasteiger partial charge in [0.15, 0.2) is 0 Å². The molecule has 2 aromatic rings. The molecule has 21 heavy (non-hydrogen) atoms. The third-order valence-electron chi connectivity index (χ3n) is 2.91. The summed E-state index contributed by atoms with van der Waals surface area (Å²) < 4.78 is 26.9. The number of H-pyrrole nitrogens is 1. The fourth-order valence-electron chi connectivity index (χ4n) is 1.93. The maximum absolute atomic E-state index is 12.2. The quantitative estimate of drug-likeness (QED) is 0.881. The lowest BCUT2D eigenvalue weighted by atomic mass is 10.1. The van der Waals surface area contributed by atoms with Crippen molar-refractivity contribution in [2.24, 2.45) is 0 Å². The molecular formula is C14H15ClN2O3S. The number of aromatic amines is 1. The number of nitrogens with one attached hydrogen (secondary N) is 2. The molecule has 1 aromatic heterocycles. The summed E-state index contributed by atoms with van der Waals surface area (Å²) in [5, 5.41) is 0.604. The van der Waals surface area contributed by atoms with Gasteiger partial charge in [0.1, 0.15) is 0 Å². The van der Waals surface area contributed by atoms with Crippen LogP contribution in [0.5, 0.6) is 0 Å². The van der Waals surface area contributed by atoms with E-state index in [9.17, 15) is 13.2 Å². The molecule has 0 fully saturated rings. The second kappa shape index (κ2) is 6.43. The average Bonchev–Trinajstić information content (AvgIpc) is 2.41. The van der Waals surface area contributed by atoms with Crippen LogP contribution in [0, 0.1) is 0 Å². The summed E-state index contributed by atoms with van der Waals surface area (Å²) in [6, 6.07) is 9.40. The first kappa shape index (κ1) is 15.8. The lowest BCUT2D eigenvalue weighted by molar-refractivity contribution is 0.559. The molecule has 0 radical (unpaired) electrons. The molecule has 0 saturated heterocycles. The Kier molecular flexibility index (Phi) is 4.82. The average molecular weight is 327 g/mol. The van der Waals surface area contributed by atoms with E-state index in [4.69, 9.17) is 11.6 Å². The highest BCUT2D eigenvalue weighted by Crippen LogP contribution is 2.17. The van der Waals surface area contributed by atoms with Crippen molar-refractivity contribution in [1.82, 2.24) is 9.71 Å². The predicted molar refractivity (Wildman–Crippen MR) is 82.0 cm³/mol. The van der Waals surface area contributed by atoms with Crippen LogP contribution < -0.4 is 10.3 Å². The van der Waals surface area contributed by atoms with Gasteiger partial charge >= 0.3 is 0 Å². The number of halogens is 1. The zero-order valence-corrected chi connectivity index (χ0v) is 12.9. The third-order valence-corrected chi connectivity index (χ3v) is 4.86. The van der Waals surface area contributed by atoms with Crippen molar-refractivity contribution < 1.29 is 8.42 Å². The molecule has 0 aliphatic carbocycles. The van der Waals surface area contributed by atoms with Gasteiger partial charge in [0, 0.05) is 23.3 Å². The summed E-state index contributed by atoms with van der Waals surface area (Å²) in [6.07, 6.45) is 1.65. The SMILES string of the molecule is CC(Cc1ccccc1Cl)NS(=O)(=O)c1ccc(=O)[nH]c1. The minimum absolute atomic E-state index is 0.0214. The standard InChI is InChI=1S/C14H15ClN2O3S/c1-10(8-11-4-2-3-5-13(11)15)17-21(19,20)12-6-7-14(18)16-9-12/h2-7,9-10,17H,8H2,1H3,(H,16,18). The molecule has 0 amide bonds. The maximum atomic E-state index is 12.2. The van der Waals surface area contributed by atoms with Crippen LogP contribution in [0.1, 0.15) is 12.5 Å².